The van der Waals surface area contributed by atoms with Crippen molar-refractivity contribution in [1.82, 2.24) is 10.2 Å². The van der Waals surface area contributed by atoms with E-state index in [0.717, 1.165) is 10.5 Å². The van der Waals surface area contributed by atoms with Gasteiger partial charge >= 0.3 is 6.03 Å². The summed E-state index contributed by atoms with van der Waals surface area (Å²) in [5.41, 5.74) is -0.362. The molecule has 1 aromatic heterocycles. The zero-order valence-electron chi connectivity index (χ0n) is 14.6. The van der Waals surface area contributed by atoms with Gasteiger partial charge in [0.1, 0.15) is 17.9 Å². The number of urea groups is 1. The molecular formula is C19H22N2O5. The number of amides is 3. The van der Waals surface area contributed by atoms with E-state index in [1.807, 2.05) is 37.3 Å². The van der Waals surface area contributed by atoms with Gasteiger partial charge in [0, 0.05) is 0 Å². The van der Waals surface area contributed by atoms with Gasteiger partial charge in [-0.3, -0.25) is 9.69 Å². The topological polar surface area (TPSA) is 92.0 Å². The fourth-order valence-corrected chi connectivity index (χ4v) is 3.11. The van der Waals surface area contributed by atoms with Crippen LogP contribution >= 0.6 is 0 Å². The van der Waals surface area contributed by atoms with Crippen LogP contribution in [0, 0.1) is 0 Å². The van der Waals surface area contributed by atoms with Gasteiger partial charge in [-0.1, -0.05) is 37.3 Å². The zero-order valence-corrected chi connectivity index (χ0v) is 14.6. The number of β-amino-alcohol motifs (C(OH)–C–C–N with tert-alkyl or cyclic N) is 1. The SMILES string of the molecule is CCC1(c2ccccc2)NC(=O)N(CC(O)COCc2ccco2)C1=O. The minimum absolute atomic E-state index is 0.0117. The highest BCUT2D eigenvalue weighted by molar-refractivity contribution is 6.07. The van der Waals surface area contributed by atoms with E-state index in [0.29, 0.717) is 12.2 Å². The first-order valence-corrected chi connectivity index (χ1v) is 8.54. The molecule has 1 aliphatic heterocycles. The van der Waals surface area contributed by atoms with Gasteiger partial charge in [0.05, 0.1) is 25.5 Å². The van der Waals surface area contributed by atoms with Gasteiger partial charge in [-0.05, 0) is 24.1 Å². The summed E-state index contributed by atoms with van der Waals surface area (Å²) in [6.45, 7) is 1.92. The number of hydrogen-bond donors (Lipinski definition) is 2. The number of ether oxygens (including phenoxy) is 1. The van der Waals surface area contributed by atoms with Gasteiger partial charge in [0.15, 0.2) is 0 Å². The number of carbonyl (C=O) groups is 2. The van der Waals surface area contributed by atoms with Crippen molar-refractivity contribution in [2.24, 2.45) is 0 Å². The molecule has 2 unspecified atom stereocenters. The van der Waals surface area contributed by atoms with Crippen LogP contribution in [0.4, 0.5) is 4.79 Å². The van der Waals surface area contributed by atoms with E-state index < -0.39 is 17.7 Å². The van der Waals surface area contributed by atoms with Crippen LogP contribution in [0.5, 0.6) is 0 Å². The first kappa shape index (κ1) is 18.2. The van der Waals surface area contributed by atoms with Gasteiger partial charge in [0.25, 0.3) is 5.91 Å². The largest absolute Gasteiger partial charge is 0.467 e. The zero-order chi connectivity index (χ0) is 18.6. The van der Waals surface area contributed by atoms with Gasteiger partial charge < -0.3 is 19.6 Å². The highest BCUT2D eigenvalue weighted by atomic mass is 16.5. The van der Waals surface area contributed by atoms with Gasteiger partial charge in [-0.2, -0.15) is 0 Å². The number of aliphatic hydroxyl groups is 1. The van der Waals surface area contributed by atoms with E-state index in [1.54, 1.807) is 12.1 Å². The van der Waals surface area contributed by atoms with Crippen LogP contribution in [0.3, 0.4) is 0 Å². The van der Waals surface area contributed by atoms with E-state index in [4.69, 9.17) is 9.15 Å². The molecule has 0 saturated carbocycles. The number of nitrogens with zero attached hydrogens (tertiary/aromatic N) is 1. The van der Waals surface area contributed by atoms with Crippen molar-refractivity contribution in [3.8, 4) is 0 Å². The molecule has 0 spiro atoms. The molecule has 0 aliphatic carbocycles. The van der Waals surface area contributed by atoms with Crippen LogP contribution in [0.2, 0.25) is 0 Å². The molecule has 1 saturated heterocycles. The quantitative estimate of drug-likeness (QED) is 0.705. The highest BCUT2D eigenvalue weighted by Crippen LogP contribution is 2.32. The smallest absolute Gasteiger partial charge is 0.325 e. The number of imide groups is 1. The average Bonchev–Trinajstić information content (AvgIpc) is 3.25. The predicted molar refractivity (Wildman–Crippen MR) is 93.0 cm³/mol. The van der Waals surface area contributed by atoms with Crippen LogP contribution in [0.25, 0.3) is 0 Å². The molecule has 26 heavy (non-hydrogen) atoms. The number of carbonyl (C=O) groups excluding carboxylic acids is 2. The molecule has 2 aromatic rings. The second-order valence-corrected chi connectivity index (χ2v) is 6.22. The summed E-state index contributed by atoms with van der Waals surface area (Å²) >= 11 is 0. The van der Waals surface area contributed by atoms with E-state index >= 15 is 0 Å². The van der Waals surface area contributed by atoms with E-state index in [2.05, 4.69) is 5.32 Å². The monoisotopic (exact) mass is 358 g/mol. The van der Waals surface area contributed by atoms with Crippen molar-refractivity contribution in [2.45, 2.75) is 31.6 Å². The molecule has 138 valence electrons. The van der Waals surface area contributed by atoms with Crippen LogP contribution < -0.4 is 5.32 Å². The van der Waals surface area contributed by atoms with E-state index in [-0.39, 0.29) is 25.7 Å². The Kier molecular flexibility index (Phi) is 5.39. The van der Waals surface area contributed by atoms with E-state index in [1.165, 1.54) is 6.26 Å². The van der Waals surface area contributed by atoms with Gasteiger partial charge in [-0.15, -0.1) is 0 Å². The molecule has 1 aromatic carbocycles. The fourth-order valence-electron chi connectivity index (χ4n) is 3.11. The molecule has 2 heterocycles. The Labute approximate surface area is 151 Å². The number of benzene rings is 1. The second kappa shape index (κ2) is 7.72. The van der Waals surface area contributed by atoms with Crippen molar-refractivity contribution in [3.05, 3.63) is 60.1 Å². The minimum atomic E-state index is -1.09. The normalized spacial score (nSPS) is 21.1. The Hall–Kier alpha value is -2.64. The van der Waals surface area contributed by atoms with Gasteiger partial charge in [0.2, 0.25) is 0 Å². The van der Waals surface area contributed by atoms with Crippen molar-refractivity contribution in [2.75, 3.05) is 13.2 Å². The first-order chi connectivity index (χ1) is 12.6. The second-order valence-electron chi connectivity index (χ2n) is 6.22. The molecule has 0 radical (unpaired) electrons. The highest BCUT2D eigenvalue weighted by Gasteiger charge is 2.51. The maximum absolute atomic E-state index is 12.9. The lowest BCUT2D eigenvalue weighted by atomic mass is 9.87. The lowest BCUT2D eigenvalue weighted by molar-refractivity contribution is -0.133. The maximum Gasteiger partial charge on any atom is 0.325 e. The van der Waals surface area contributed by atoms with Crippen molar-refractivity contribution in [3.63, 3.8) is 0 Å². The lowest BCUT2D eigenvalue weighted by Gasteiger charge is -2.26. The van der Waals surface area contributed by atoms with Crippen molar-refractivity contribution in [1.29, 1.82) is 0 Å². The molecule has 2 atom stereocenters. The molecule has 3 rings (SSSR count). The fraction of sp³-hybridized carbons (Fsp3) is 0.368. The Morgan fingerprint density at radius 3 is 2.65 bits per heavy atom. The number of rotatable bonds is 8. The van der Waals surface area contributed by atoms with Crippen LogP contribution in [0.15, 0.2) is 53.1 Å². The molecule has 2 N–H and O–H groups in total. The summed E-state index contributed by atoms with van der Waals surface area (Å²) in [6, 6.07) is 12.1. The average molecular weight is 358 g/mol. The lowest BCUT2D eigenvalue weighted by Crippen LogP contribution is -2.44. The molecule has 1 aliphatic rings. The van der Waals surface area contributed by atoms with Gasteiger partial charge in [-0.25, -0.2) is 4.79 Å². The Bertz CT molecular complexity index is 747. The molecule has 7 heteroatoms. The summed E-state index contributed by atoms with van der Waals surface area (Å²) in [6.07, 6.45) is 0.975. The summed E-state index contributed by atoms with van der Waals surface area (Å²) in [4.78, 5) is 26.3. The summed E-state index contributed by atoms with van der Waals surface area (Å²) in [7, 11) is 0. The predicted octanol–water partition coefficient (Wildman–Crippen LogP) is 2.01. The first-order valence-electron chi connectivity index (χ1n) is 8.54. The summed E-state index contributed by atoms with van der Waals surface area (Å²) < 4.78 is 10.5. The molecular weight excluding hydrogens is 336 g/mol. The number of furan rings is 1. The number of aliphatic hydroxyl groups excluding tert-OH is 1. The van der Waals surface area contributed by atoms with Crippen LogP contribution in [0.1, 0.15) is 24.7 Å². The number of hydrogen-bond acceptors (Lipinski definition) is 5. The van der Waals surface area contributed by atoms with Crippen LogP contribution in [-0.4, -0.2) is 41.2 Å². The Morgan fingerprint density at radius 2 is 2.00 bits per heavy atom. The molecule has 3 amide bonds. The molecule has 1 fully saturated rings. The molecule has 0 bridgehead atoms. The summed E-state index contributed by atoms with van der Waals surface area (Å²) in [5.74, 6) is 0.280. The van der Waals surface area contributed by atoms with E-state index in [9.17, 15) is 14.7 Å². The Balaban J connectivity index is 1.63. The third-order valence-electron chi connectivity index (χ3n) is 4.50. The van der Waals surface area contributed by atoms with Crippen molar-refractivity contribution < 1.29 is 23.8 Å². The van der Waals surface area contributed by atoms with Crippen LogP contribution in [-0.2, 0) is 21.7 Å². The van der Waals surface area contributed by atoms with Crippen molar-refractivity contribution >= 4 is 11.9 Å². The maximum atomic E-state index is 12.9. The summed E-state index contributed by atoms with van der Waals surface area (Å²) in [5, 5.41) is 12.9. The molecule has 7 nitrogen and oxygen atoms in total. The number of nitrogens with one attached hydrogen (secondary N) is 1. The third-order valence-corrected chi connectivity index (χ3v) is 4.50. The minimum Gasteiger partial charge on any atom is -0.467 e. The Morgan fingerprint density at radius 1 is 1.23 bits per heavy atom. The third kappa shape index (κ3) is 3.49. The standard InChI is InChI=1S/C19H22N2O5/c1-2-19(14-7-4-3-5-8-14)17(23)21(18(24)20-19)11-15(22)12-25-13-16-9-6-10-26-16/h3-10,15,22H,2,11-13H2,1H3,(H,20,24).